The van der Waals surface area contributed by atoms with Gasteiger partial charge in [-0.15, -0.1) is 0 Å². The number of hydrogen-bond donors (Lipinski definition) is 1. The molecule has 0 fully saturated rings. The summed E-state index contributed by atoms with van der Waals surface area (Å²) in [5, 5.41) is 0. The molecule has 3 nitrogen and oxygen atoms in total. The first-order valence-electron chi connectivity index (χ1n) is 1.92. The summed E-state index contributed by atoms with van der Waals surface area (Å²) in [4.78, 5) is 10.2. The highest BCUT2D eigenvalue weighted by molar-refractivity contribution is 5.86. The third-order valence-electron chi connectivity index (χ3n) is 0.534. The van der Waals surface area contributed by atoms with Crippen LogP contribution in [0.1, 0.15) is 6.92 Å². The molecule has 0 spiro atoms. The Kier molecular flexibility index (Phi) is 5.53. The van der Waals surface area contributed by atoms with Gasteiger partial charge < -0.3 is 4.74 Å². The number of carbonyl (C=O) groups excluding carboxylic acids is 1. The van der Waals surface area contributed by atoms with Crippen molar-refractivity contribution >= 4 is 5.97 Å². The molecule has 0 amide bonds. The van der Waals surface area contributed by atoms with Gasteiger partial charge in [0.05, 0.1) is 7.11 Å². The van der Waals surface area contributed by atoms with Crippen molar-refractivity contribution < 1.29 is 15.0 Å². The minimum absolute atomic E-state index is 0. The topological polar surface area (TPSA) is 56.3 Å². The van der Waals surface area contributed by atoms with Crippen molar-refractivity contribution in [3.8, 4) is 0 Å². The molecule has 0 aliphatic rings. The lowest BCUT2D eigenvalue weighted by Crippen LogP contribution is -1.98. The van der Waals surface area contributed by atoms with Crippen LogP contribution < -0.4 is 0 Å². The summed E-state index contributed by atoms with van der Waals surface area (Å²) in [7, 11) is 1.33. The zero-order valence-corrected chi connectivity index (χ0v) is 4.97. The summed E-state index contributed by atoms with van der Waals surface area (Å²) in [5.74, 6) is -0.347. The standard InChI is InChI=1S/C5H8O2.HO/c1-4(2)5(6)7-3;/h1H2,2-3H3;1H. The van der Waals surface area contributed by atoms with E-state index in [2.05, 4.69) is 11.3 Å². The molecule has 1 N–H and O–H groups in total. The fourth-order valence-corrected chi connectivity index (χ4v) is 0.174. The van der Waals surface area contributed by atoms with Crippen molar-refractivity contribution in [1.29, 1.82) is 0 Å². The Hall–Kier alpha value is -0.830. The lowest BCUT2D eigenvalue weighted by atomic mass is 10.4. The zero-order chi connectivity index (χ0) is 5.86. The molecule has 0 saturated heterocycles. The van der Waals surface area contributed by atoms with E-state index in [0.29, 0.717) is 5.57 Å². The van der Waals surface area contributed by atoms with Crippen molar-refractivity contribution in [2.45, 2.75) is 6.92 Å². The third-order valence-corrected chi connectivity index (χ3v) is 0.534. The van der Waals surface area contributed by atoms with Crippen LogP contribution in [0.4, 0.5) is 0 Å². The summed E-state index contributed by atoms with van der Waals surface area (Å²) >= 11 is 0. The molecule has 3 heteroatoms. The molecule has 1 radical (unpaired) electrons. The van der Waals surface area contributed by atoms with Crippen molar-refractivity contribution in [2.24, 2.45) is 0 Å². The van der Waals surface area contributed by atoms with Crippen LogP contribution in [0.25, 0.3) is 0 Å². The minimum Gasteiger partial charge on any atom is -0.466 e. The lowest BCUT2D eigenvalue weighted by molar-refractivity contribution is -0.136. The molecular formula is C5H9O3. The molecule has 0 aromatic heterocycles. The second kappa shape index (κ2) is 4.33. The first-order chi connectivity index (χ1) is 3.18. The Bertz CT molecular complexity index is 95.8. The second-order valence-electron chi connectivity index (χ2n) is 1.27. The number of methoxy groups -OCH3 is 1. The molecular weight excluding hydrogens is 108 g/mol. The molecule has 0 aromatic carbocycles. The van der Waals surface area contributed by atoms with Gasteiger partial charge in [0.2, 0.25) is 0 Å². The number of hydrogen-bond acceptors (Lipinski definition) is 2. The van der Waals surface area contributed by atoms with E-state index in [1.807, 2.05) is 0 Å². The van der Waals surface area contributed by atoms with Crippen molar-refractivity contribution in [1.82, 2.24) is 0 Å². The van der Waals surface area contributed by atoms with Gasteiger partial charge in [-0.25, -0.2) is 4.79 Å². The Morgan fingerprint density at radius 1 is 1.62 bits per heavy atom. The van der Waals surface area contributed by atoms with E-state index in [1.165, 1.54) is 7.11 Å². The maximum Gasteiger partial charge on any atom is 0.332 e. The van der Waals surface area contributed by atoms with Crippen LogP contribution in [-0.4, -0.2) is 18.6 Å². The first kappa shape index (κ1) is 10.2. The van der Waals surface area contributed by atoms with Gasteiger partial charge in [-0.3, -0.25) is 5.48 Å². The highest BCUT2D eigenvalue weighted by Gasteiger charge is 1.95. The van der Waals surface area contributed by atoms with Crippen molar-refractivity contribution in [2.75, 3.05) is 7.11 Å². The number of esters is 1. The van der Waals surface area contributed by atoms with Gasteiger partial charge in [0.25, 0.3) is 0 Å². The molecule has 0 heterocycles. The summed E-state index contributed by atoms with van der Waals surface area (Å²) in [5.41, 5.74) is 0.433. The van der Waals surface area contributed by atoms with E-state index >= 15 is 0 Å². The Balaban J connectivity index is 0. The van der Waals surface area contributed by atoms with Crippen LogP contribution in [0.5, 0.6) is 0 Å². The molecule has 0 rings (SSSR count). The first-order valence-corrected chi connectivity index (χ1v) is 1.92. The van der Waals surface area contributed by atoms with Gasteiger partial charge >= 0.3 is 5.97 Å². The molecule has 0 saturated carbocycles. The summed E-state index contributed by atoms with van der Waals surface area (Å²) in [6.45, 7) is 4.95. The quantitative estimate of drug-likeness (QED) is 0.403. The molecule has 0 aliphatic carbocycles. The summed E-state index contributed by atoms with van der Waals surface area (Å²) in [6.07, 6.45) is 0. The smallest absolute Gasteiger partial charge is 0.332 e. The van der Waals surface area contributed by atoms with Crippen molar-refractivity contribution in [3.05, 3.63) is 12.2 Å². The maximum atomic E-state index is 10.2. The average Bonchev–Trinajstić information content (AvgIpc) is 1.65. The summed E-state index contributed by atoms with van der Waals surface area (Å²) in [6, 6.07) is 0. The van der Waals surface area contributed by atoms with E-state index in [1.54, 1.807) is 6.92 Å². The fraction of sp³-hybridized carbons (Fsp3) is 0.400. The molecule has 8 heavy (non-hydrogen) atoms. The highest BCUT2D eigenvalue weighted by atomic mass is 16.5. The second-order valence-corrected chi connectivity index (χ2v) is 1.27. The van der Waals surface area contributed by atoms with Crippen LogP contribution >= 0.6 is 0 Å². The molecule has 0 atom stereocenters. The van der Waals surface area contributed by atoms with Gasteiger partial charge in [-0.1, -0.05) is 6.58 Å². The molecule has 0 aliphatic heterocycles. The van der Waals surface area contributed by atoms with Crippen LogP contribution in [0, 0.1) is 0 Å². The zero-order valence-electron chi connectivity index (χ0n) is 4.97. The predicted molar refractivity (Wildman–Crippen MR) is 28.8 cm³/mol. The maximum absolute atomic E-state index is 10.2. The number of rotatable bonds is 1. The van der Waals surface area contributed by atoms with Crippen LogP contribution in [0.15, 0.2) is 12.2 Å². The molecule has 0 bridgehead atoms. The fourth-order valence-electron chi connectivity index (χ4n) is 0.174. The highest BCUT2D eigenvalue weighted by Crippen LogP contribution is 1.87. The summed E-state index contributed by atoms with van der Waals surface area (Å²) < 4.78 is 4.27. The monoisotopic (exact) mass is 117 g/mol. The Morgan fingerprint density at radius 3 is 2.00 bits per heavy atom. The van der Waals surface area contributed by atoms with Crippen LogP contribution in [0.3, 0.4) is 0 Å². The van der Waals surface area contributed by atoms with E-state index in [9.17, 15) is 4.79 Å². The van der Waals surface area contributed by atoms with Gasteiger partial charge in [0.1, 0.15) is 0 Å². The predicted octanol–water partition coefficient (Wildman–Crippen LogP) is 0.559. The SMILES string of the molecule is C=C(C)C(=O)OC.[OH]. The third kappa shape index (κ3) is 3.36. The van der Waals surface area contributed by atoms with Gasteiger partial charge in [0.15, 0.2) is 0 Å². The number of ether oxygens (including phenoxy) is 1. The van der Waals surface area contributed by atoms with Gasteiger partial charge in [-0.05, 0) is 6.92 Å². The van der Waals surface area contributed by atoms with E-state index in [4.69, 9.17) is 0 Å². The van der Waals surface area contributed by atoms with E-state index in [-0.39, 0.29) is 11.4 Å². The van der Waals surface area contributed by atoms with E-state index in [0.717, 1.165) is 0 Å². The van der Waals surface area contributed by atoms with Gasteiger partial charge in [-0.2, -0.15) is 0 Å². The van der Waals surface area contributed by atoms with E-state index < -0.39 is 0 Å². The molecule has 47 valence electrons. The van der Waals surface area contributed by atoms with Crippen LogP contribution in [0.2, 0.25) is 0 Å². The molecule has 0 unspecified atom stereocenters. The number of carbonyl (C=O) groups is 1. The van der Waals surface area contributed by atoms with Gasteiger partial charge in [0, 0.05) is 5.57 Å². The Morgan fingerprint density at radius 2 is 2.00 bits per heavy atom. The molecule has 0 aromatic rings. The Labute approximate surface area is 48.3 Å². The minimum atomic E-state index is -0.347. The van der Waals surface area contributed by atoms with Crippen LogP contribution in [-0.2, 0) is 9.53 Å². The largest absolute Gasteiger partial charge is 0.466 e. The lowest BCUT2D eigenvalue weighted by Gasteiger charge is -1.91. The normalized spacial score (nSPS) is 6.75. The van der Waals surface area contributed by atoms with Crippen molar-refractivity contribution in [3.63, 3.8) is 0 Å². The average molecular weight is 117 g/mol.